The van der Waals surface area contributed by atoms with Gasteiger partial charge in [0, 0.05) is 77.1 Å². The minimum atomic E-state index is -5.98. The second-order valence-electron chi connectivity index (χ2n) is 12.7. The van der Waals surface area contributed by atoms with Gasteiger partial charge in [-0.25, -0.2) is 9.97 Å². The van der Waals surface area contributed by atoms with E-state index in [1.165, 1.54) is 24.2 Å². The molecule has 11 nitrogen and oxygen atoms in total. The lowest BCUT2D eigenvalue weighted by molar-refractivity contribution is -0.372. The number of hydrogen-bond acceptors (Lipinski definition) is 11. The van der Waals surface area contributed by atoms with Gasteiger partial charge in [0.2, 0.25) is 5.95 Å². The van der Waals surface area contributed by atoms with E-state index >= 15 is 0 Å². The summed E-state index contributed by atoms with van der Waals surface area (Å²) in [7, 11) is 2.11. The van der Waals surface area contributed by atoms with Crippen LogP contribution in [0.4, 0.5) is 49.6 Å². The number of benzene rings is 2. The molecule has 0 unspecified atom stereocenters. The Morgan fingerprint density at radius 2 is 1.55 bits per heavy atom. The van der Waals surface area contributed by atoms with Gasteiger partial charge in [-0.05, 0) is 80.0 Å². The van der Waals surface area contributed by atoms with E-state index in [2.05, 4.69) is 51.9 Å². The van der Waals surface area contributed by atoms with Crippen molar-refractivity contribution in [1.29, 1.82) is 0 Å². The van der Waals surface area contributed by atoms with Crippen molar-refractivity contribution >= 4 is 56.9 Å². The highest BCUT2D eigenvalue weighted by Crippen LogP contribution is 2.45. The van der Waals surface area contributed by atoms with Crippen molar-refractivity contribution in [2.75, 3.05) is 48.2 Å². The fourth-order valence-corrected chi connectivity index (χ4v) is 6.63. The number of likely N-dealkylation sites (N-methyl/N-ethyl adjacent to an activating group) is 1. The van der Waals surface area contributed by atoms with Crippen molar-refractivity contribution < 1.29 is 31.4 Å². The number of anilines is 4. The molecule has 0 radical (unpaired) electrons. The average molecular weight is 755 g/mol. The molecule has 1 saturated heterocycles. The number of nitrogens with one attached hydrogen (secondary N) is 2. The molecule has 4 aromatic heterocycles. The minimum absolute atomic E-state index is 0.00838. The molecule has 1 aliphatic rings. The molecule has 6 aromatic rings. The maximum atomic E-state index is 13.4. The second kappa shape index (κ2) is 14.0. The maximum Gasteiger partial charge on any atom is 0.428 e. The third-order valence-corrected chi connectivity index (χ3v) is 9.96. The Morgan fingerprint density at radius 3 is 2.26 bits per heavy atom. The van der Waals surface area contributed by atoms with E-state index in [0.29, 0.717) is 44.0 Å². The SMILES string of the molecule is Cc1c(-c2nccc3cnc(Nc4ccc(SNc5nccc(N6CCN(C)CC6)n5)cc4)cc23)ccc2c1cnn2CC(O)(C(F)(F)F)C(F)(F)F. The molecule has 0 spiro atoms. The van der Waals surface area contributed by atoms with Crippen molar-refractivity contribution in [2.45, 2.75) is 36.3 Å². The summed E-state index contributed by atoms with van der Waals surface area (Å²) < 4.78 is 84.2. The van der Waals surface area contributed by atoms with Gasteiger partial charge in [-0.1, -0.05) is 6.07 Å². The number of alkyl halides is 6. The average Bonchev–Trinajstić information content (AvgIpc) is 3.54. The van der Waals surface area contributed by atoms with Crippen LogP contribution >= 0.6 is 11.9 Å². The summed E-state index contributed by atoms with van der Waals surface area (Å²) in [6.07, 6.45) is -5.77. The Labute approximate surface area is 303 Å². The lowest BCUT2D eigenvalue weighted by Crippen LogP contribution is -2.59. The number of aryl methyl sites for hydroxylation is 1. The number of piperazine rings is 1. The zero-order chi connectivity index (χ0) is 37.5. The number of rotatable bonds is 9. The molecular weight excluding hydrogens is 723 g/mol. The highest BCUT2D eigenvalue weighted by molar-refractivity contribution is 8.00. The van der Waals surface area contributed by atoms with E-state index in [1.54, 1.807) is 37.6 Å². The van der Waals surface area contributed by atoms with Gasteiger partial charge < -0.3 is 20.2 Å². The molecule has 0 saturated carbocycles. The standard InChI is InChI=1S/C35H32F6N10OS/c1-21-25(7-8-28-27(21)19-45-51(28)20-33(52,34(36,37)38)35(39,40)41)31-26-17-29(44-18-22(26)9-11-42-31)46-23-3-5-24(6-4-23)53-48-32-43-12-10-30(47-32)50-15-13-49(2)14-16-50/h3-12,17-19,52H,13-16,20H2,1-2H3,(H,44,46)(H,43,47,48). The number of pyridine rings is 2. The van der Waals surface area contributed by atoms with Crippen LogP contribution in [0.5, 0.6) is 0 Å². The van der Waals surface area contributed by atoms with E-state index in [4.69, 9.17) is 0 Å². The van der Waals surface area contributed by atoms with Gasteiger partial charge in [0.15, 0.2) is 0 Å². The molecule has 1 fully saturated rings. The fraction of sp³-hybridized carbons (Fsp3) is 0.286. The smallest absolute Gasteiger partial charge is 0.372 e. The largest absolute Gasteiger partial charge is 0.428 e. The van der Waals surface area contributed by atoms with E-state index in [9.17, 15) is 31.4 Å². The Morgan fingerprint density at radius 1 is 0.830 bits per heavy atom. The van der Waals surface area contributed by atoms with Crippen LogP contribution < -0.4 is 14.9 Å². The summed E-state index contributed by atoms with van der Waals surface area (Å²) in [6.45, 7) is 3.58. The summed E-state index contributed by atoms with van der Waals surface area (Å²) in [4.78, 5) is 23.6. The zero-order valence-corrected chi connectivity index (χ0v) is 29.1. The van der Waals surface area contributed by atoms with Crippen molar-refractivity contribution in [3.05, 3.63) is 84.9 Å². The van der Waals surface area contributed by atoms with Gasteiger partial charge in [0.25, 0.3) is 5.60 Å². The monoisotopic (exact) mass is 754 g/mol. The van der Waals surface area contributed by atoms with Gasteiger partial charge in [0.1, 0.15) is 11.6 Å². The molecule has 0 amide bonds. The van der Waals surface area contributed by atoms with Crippen LogP contribution in [0.3, 0.4) is 0 Å². The molecule has 2 aromatic carbocycles. The molecule has 18 heteroatoms. The van der Waals surface area contributed by atoms with E-state index < -0.39 is 24.5 Å². The normalized spacial score (nSPS) is 14.6. The van der Waals surface area contributed by atoms with Crippen LogP contribution in [0.1, 0.15) is 5.56 Å². The van der Waals surface area contributed by atoms with Gasteiger partial charge in [-0.3, -0.25) is 14.4 Å². The Hall–Kier alpha value is -5.20. The molecular formula is C35H32F6N10OS. The number of aliphatic hydroxyl groups is 1. The molecule has 0 aliphatic carbocycles. The Bertz CT molecular complexity index is 2240. The predicted molar refractivity (Wildman–Crippen MR) is 191 cm³/mol. The number of hydrogen-bond donors (Lipinski definition) is 3. The molecule has 0 bridgehead atoms. The first-order valence-corrected chi connectivity index (χ1v) is 17.1. The summed E-state index contributed by atoms with van der Waals surface area (Å²) in [5.74, 6) is 1.91. The van der Waals surface area contributed by atoms with E-state index in [-0.39, 0.29) is 5.52 Å². The van der Waals surface area contributed by atoms with E-state index in [0.717, 1.165) is 48.0 Å². The molecule has 7 rings (SSSR count). The number of halogens is 6. The van der Waals surface area contributed by atoms with Gasteiger partial charge in [-0.2, -0.15) is 36.4 Å². The van der Waals surface area contributed by atoms with Gasteiger partial charge >= 0.3 is 12.4 Å². The second-order valence-corrected chi connectivity index (χ2v) is 13.5. The summed E-state index contributed by atoms with van der Waals surface area (Å²) in [5.41, 5.74) is -2.58. The summed E-state index contributed by atoms with van der Waals surface area (Å²) >= 11 is 1.38. The number of nitrogens with zero attached hydrogens (tertiary/aromatic N) is 8. The van der Waals surface area contributed by atoms with Crippen molar-refractivity contribution in [1.82, 2.24) is 34.6 Å². The van der Waals surface area contributed by atoms with Gasteiger partial charge in [0.05, 0.1) is 24.0 Å². The van der Waals surface area contributed by atoms with Crippen LogP contribution in [0.25, 0.3) is 32.9 Å². The Kier molecular flexibility index (Phi) is 9.54. The van der Waals surface area contributed by atoms with Crippen LogP contribution in [0, 0.1) is 6.92 Å². The third-order valence-electron chi connectivity index (χ3n) is 9.17. The minimum Gasteiger partial charge on any atom is -0.372 e. The van der Waals surface area contributed by atoms with Crippen molar-refractivity contribution in [3.8, 4) is 11.3 Å². The van der Waals surface area contributed by atoms with Crippen LogP contribution in [0.2, 0.25) is 0 Å². The molecule has 5 heterocycles. The summed E-state index contributed by atoms with van der Waals surface area (Å²) in [5, 5.41) is 18.6. The molecule has 0 atom stereocenters. The topological polar surface area (TPSA) is 120 Å². The lowest BCUT2D eigenvalue weighted by atomic mass is 9.98. The van der Waals surface area contributed by atoms with Crippen molar-refractivity contribution in [2.24, 2.45) is 0 Å². The Balaban J connectivity index is 1.08. The maximum absolute atomic E-state index is 13.4. The van der Waals surface area contributed by atoms with Crippen LogP contribution in [-0.4, -0.2) is 90.9 Å². The fourth-order valence-electron chi connectivity index (χ4n) is 6.05. The van der Waals surface area contributed by atoms with Crippen LogP contribution in [0.15, 0.2) is 84.3 Å². The molecule has 276 valence electrons. The first-order chi connectivity index (χ1) is 25.2. The summed E-state index contributed by atoms with van der Waals surface area (Å²) in [6, 6.07) is 16.1. The molecule has 3 N–H and O–H groups in total. The van der Waals surface area contributed by atoms with Crippen LogP contribution in [-0.2, 0) is 6.54 Å². The first-order valence-electron chi connectivity index (χ1n) is 16.3. The highest BCUT2D eigenvalue weighted by atomic mass is 32.2. The van der Waals surface area contributed by atoms with Gasteiger partial charge in [-0.15, -0.1) is 0 Å². The highest BCUT2D eigenvalue weighted by Gasteiger charge is 2.70. The molecule has 53 heavy (non-hydrogen) atoms. The van der Waals surface area contributed by atoms with Crippen molar-refractivity contribution in [3.63, 3.8) is 0 Å². The quantitative estimate of drug-likeness (QED) is 0.103. The molecule has 1 aliphatic heterocycles. The first kappa shape index (κ1) is 36.2. The lowest BCUT2D eigenvalue weighted by Gasteiger charge is -2.33. The predicted octanol–water partition coefficient (Wildman–Crippen LogP) is 7.22. The zero-order valence-electron chi connectivity index (χ0n) is 28.2. The number of aromatic nitrogens is 6. The van der Waals surface area contributed by atoms with E-state index in [1.807, 2.05) is 36.4 Å². The number of fused-ring (bicyclic) bond motifs is 2. The third kappa shape index (κ3) is 7.25.